The van der Waals surface area contributed by atoms with Gasteiger partial charge in [0, 0.05) is 0 Å². The first-order valence-corrected chi connectivity index (χ1v) is 2.69. The number of carbonyl (C=O) groups excluding carboxylic acids is 1. The monoisotopic (exact) mass is 142 g/mol. The van der Waals surface area contributed by atoms with Crippen LogP contribution in [0.1, 0.15) is 6.42 Å². The molecule has 0 bridgehead atoms. The van der Waals surface area contributed by atoms with Crippen LogP contribution in [0.2, 0.25) is 0 Å². The van der Waals surface area contributed by atoms with Crippen molar-refractivity contribution < 1.29 is 9.53 Å². The minimum Gasteiger partial charge on any atom is -0.469 e. The second-order valence-corrected chi connectivity index (χ2v) is 1.67. The molecule has 1 rings (SSSR count). The van der Waals surface area contributed by atoms with Crippen molar-refractivity contribution >= 4 is 5.97 Å². The van der Waals surface area contributed by atoms with E-state index in [4.69, 9.17) is 0 Å². The van der Waals surface area contributed by atoms with Crippen LogP contribution in [0.3, 0.4) is 0 Å². The maximum absolute atomic E-state index is 10.5. The van der Waals surface area contributed by atoms with E-state index in [9.17, 15) is 4.79 Å². The van der Waals surface area contributed by atoms with E-state index in [0.717, 1.165) is 0 Å². The summed E-state index contributed by atoms with van der Waals surface area (Å²) >= 11 is 0. The topological polar surface area (TPSA) is 75.7 Å². The Hall–Kier alpha value is -1.33. The quantitative estimate of drug-likeness (QED) is 0.532. The van der Waals surface area contributed by atoms with E-state index in [2.05, 4.69) is 25.4 Å². The van der Waals surface area contributed by atoms with Gasteiger partial charge in [-0.05, 0) is 10.4 Å². The van der Waals surface area contributed by atoms with Crippen molar-refractivity contribution in [2.24, 2.45) is 20.7 Å². The molecule has 6 nitrogen and oxygen atoms in total. The summed E-state index contributed by atoms with van der Waals surface area (Å²) in [5, 5.41) is 13.5. The van der Waals surface area contributed by atoms with Gasteiger partial charge in [0.25, 0.3) is 0 Å². The molecule has 0 aromatic heterocycles. The average molecular weight is 142 g/mol. The Balaban J connectivity index is 2.32. The van der Waals surface area contributed by atoms with Gasteiger partial charge in [0.05, 0.1) is 13.5 Å². The molecule has 0 aliphatic carbocycles. The molecule has 54 valence electrons. The first-order chi connectivity index (χ1) is 4.83. The SMILES string of the molecule is COC(=O)CC1N=NN=N1. The van der Waals surface area contributed by atoms with Crippen molar-refractivity contribution in [1.29, 1.82) is 0 Å². The minimum atomic E-state index is -0.465. The first kappa shape index (κ1) is 6.79. The van der Waals surface area contributed by atoms with Gasteiger partial charge in [-0.25, -0.2) is 0 Å². The van der Waals surface area contributed by atoms with E-state index < -0.39 is 6.17 Å². The Morgan fingerprint density at radius 1 is 1.50 bits per heavy atom. The largest absolute Gasteiger partial charge is 0.469 e. The predicted molar refractivity (Wildman–Crippen MR) is 30.1 cm³/mol. The molecule has 0 fully saturated rings. The maximum atomic E-state index is 10.5. The molecule has 0 amide bonds. The van der Waals surface area contributed by atoms with E-state index in [1.165, 1.54) is 7.11 Å². The predicted octanol–water partition coefficient (Wildman–Crippen LogP) is 0.709. The number of ether oxygens (including phenoxy) is 1. The van der Waals surface area contributed by atoms with Crippen LogP contribution in [0.15, 0.2) is 20.7 Å². The number of carbonyl (C=O) groups is 1. The highest BCUT2D eigenvalue weighted by atomic mass is 16.5. The Bertz CT molecular complexity index is 176. The number of rotatable bonds is 2. The summed E-state index contributed by atoms with van der Waals surface area (Å²) in [6.07, 6.45) is -0.351. The van der Waals surface area contributed by atoms with Crippen LogP contribution >= 0.6 is 0 Å². The standard InChI is InChI=1S/C4H6N4O2/c1-10-4(9)2-3-5-7-8-6-3/h3H,2H2,1H3. The van der Waals surface area contributed by atoms with E-state index in [1.807, 2.05) is 0 Å². The van der Waals surface area contributed by atoms with Crippen LogP contribution in [0.25, 0.3) is 0 Å². The van der Waals surface area contributed by atoms with Crippen LogP contribution in [0.4, 0.5) is 0 Å². The lowest BCUT2D eigenvalue weighted by Crippen LogP contribution is -2.08. The third-order valence-electron chi connectivity index (χ3n) is 0.987. The molecule has 1 heterocycles. The number of nitrogens with zero attached hydrogens (tertiary/aromatic N) is 4. The first-order valence-electron chi connectivity index (χ1n) is 2.69. The van der Waals surface area contributed by atoms with Gasteiger partial charge in [-0.2, -0.15) is 0 Å². The molecule has 1 aliphatic rings. The molecule has 0 aromatic rings. The fraction of sp³-hybridized carbons (Fsp3) is 0.750. The molecule has 0 N–H and O–H groups in total. The van der Waals surface area contributed by atoms with E-state index in [-0.39, 0.29) is 12.4 Å². The Morgan fingerprint density at radius 2 is 2.10 bits per heavy atom. The van der Waals surface area contributed by atoms with Gasteiger partial charge < -0.3 is 4.74 Å². The second kappa shape index (κ2) is 3.00. The third kappa shape index (κ3) is 1.57. The van der Waals surface area contributed by atoms with E-state index in [0.29, 0.717) is 0 Å². The highest BCUT2D eigenvalue weighted by Crippen LogP contribution is 2.08. The molecule has 0 saturated carbocycles. The molecule has 6 heteroatoms. The van der Waals surface area contributed by atoms with Crippen LogP contribution in [-0.4, -0.2) is 19.2 Å². The van der Waals surface area contributed by atoms with Crippen LogP contribution < -0.4 is 0 Å². The van der Waals surface area contributed by atoms with Gasteiger partial charge in [-0.15, -0.1) is 10.2 Å². The molecule has 0 spiro atoms. The average Bonchev–Trinajstić information content (AvgIpc) is 2.40. The second-order valence-electron chi connectivity index (χ2n) is 1.67. The van der Waals surface area contributed by atoms with Gasteiger partial charge in [-0.3, -0.25) is 4.79 Å². The number of esters is 1. The lowest BCUT2D eigenvalue weighted by atomic mass is 10.4. The lowest BCUT2D eigenvalue weighted by molar-refractivity contribution is -0.140. The zero-order valence-corrected chi connectivity index (χ0v) is 5.39. The van der Waals surface area contributed by atoms with Gasteiger partial charge in [0.2, 0.25) is 0 Å². The molecule has 0 atom stereocenters. The van der Waals surface area contributed by atoms with Crippen molar-refractivity contribution in [1.82, 2.24) is 0 Å². The van der Waals surface area contributed by atoms with Crippen molar-refractivity contribution in [2.75, 3.05) is 7.11 Å². The maximum Gasteiger partial charge on any atom is 0.309 e. The summed E-state index contributed by atoms with van der Waals surface area (Å²) in [7, 11) is 1.31. The zero-order chi connectivity index (χ0) is 7.40. The summed E-state index contributed by atoms with van der Waals surface area (Å²) in [5.41, 5.74) is 0. The molecule has 10 heavy (non-hydrogen) atoms. The molecule has 0 unspecified atom stereocenters. The molecule has 1 aliphatic heterocycles. The number of hydrogen-bond acceptors (Lipinski definition) is 6. The van der Waals surface area contributed by atoms with Crippen LogP contribution in [0.5, 0.6) is 0 Å². The van der Waals surface area contributed by atoms with Crippen molar-refractivity contribution in [3.05, 3.63) is 0 Å². The smallest absolute Gasteiger partial charge is 0.309 e. The third-order valence-corrected chi connectivity index (χ3v) is 0.987. The minimum absolute atomic E-state index is 0.115. The molecular formula is C4H6N4O2. The summed E-state index contributed by atoms with van der Waals surface area (Å²) in [5.74, 6) is -0.357. The van der Waals surface area contributed by atoms with Crippen molar-refractivity contribution in [3.8, 4) is 0 Å². The van der Waals surface area contributed by atoms with Crippen molar-refractivity contribution in [2.45, 2.75) is 12.6 Å². The van der Waals surface area contributed by atoms with Crippen molar-refractivity contribution in [3.63, 3.8) is 0 Å². The molecule has 0 aromatic carbocycles. The van der Waals surface area contributed by atoms with Crippen LogP contribution in [0, 0.1) is 0 Å². The van der Waals surface area contributed by atoms with E-state index >= 15 is 0 Å². The van der Waals surface area contributed by atoms with Gasteiger partial charge in [-0.1, -0.05) is 0 Å². The molecule has 0 saturated heterocycles. The normalized spacial score (nSPS) is 16.1. The summed E-state index contributed by atoms with van der Waals surface area (Å²) < 4.78 is 4.37. The zero-order valence-electron chi connectivity index (χ0n) is 5.39. The summed E-state index contributed by atoms with van der Waals surface area (Å²) in [4.78, 5) is 10.5. The Morgan fingerprint density at radius 3 is 2.60 bits per heavy atom. The molecular weight excluding hydrogens is 136 g/mol. The van der Waals surface area contributed by atoms with Gasteiger partial charge in [0.1, 0.15) is 0 Å². The van der Waals surface area contributed by atoms with Gasteiger partial charge in [0.15, 0.2) is 6.17 Å². The highest BCUT2D eigenvalue weighted by Gasteiger charge is 2.14. The highest BCUT2D eigenvalue weighted by molar-refractivity contribution is 5.69. The fourth-order valence-corrected chi connectivity index (χ4v) is 0.503. The Labute approximate surface area is 57.0 Å². The fourth-order valence-electron chi connectivity index (χ4n) is 0.503. The summed E-state index contributed by atoms with van der Waals surface area (Å²) in [6, 6.07) is 0. The number of hydrogen-bond donors (Lipinski definition) is 0. The Kier molecular flexibility index (Phi) is 2.03. The summed E-state index contributed by atoms with van der Waals surface area (Å²) in [6.45, 7) is 0. The van der Waals surface area contributed by atoms with Gasteiger partial charge >= 0.3 is 5.97 Å². The number of methoxy groups -OCH3 is 1. The van der Waals surface area contributed by atoms with Crippen LogP contribution in [-0.2, 0) is 9.53 Å². The van der Waals surface area contributed by atoms with E-state index in [1.54, 1.807) is 0 Å². The molecule has 0 radical (unpaired) electrons. The lowest BCUT2D eigenvalue weighted by Gasteiger charge is -1.96.